The Bertz CT molecular complexity index is 1290. The summed E-state index contributed by atoms with van der Waals surface area (Å²) in [5.74, 6) is -0.216. The molecule has 0 heterocycles. The van der Waals surface area contributed by atoms with Crippen LogP contribution in [-0.4, -0.2) is 17.1 Å². The van der Waals surface area contributed by atoms with Crippen molar-refractivity contribution in [2.24, 2.45) is 0 Å². The molecule has 2 amide bonds. The lowest BCUT2D eigenvalue weighted by Crippen LogP contribution is -2.22. The van der Waals surface area contributed by atoms with E-state index in [9.17, 15) is 9.59 Å². The highest BCUT2D eigenvalue weighted by Gasteiger charge is 2.16. The Labute approximate surface area is 192 Å². The first-order valence-electron chi connectivity index (χ1n) is 10.4. The van der Waals surface area contributed by atoms with E-state index in [1.54, 1.807) is 0 Å². The molecule has 0 saturated heterocycles. The maximum absolute atomic E-state index is 12.7. The second kappa shape index (κ2) is 9.71. The quantitative estimate of drug-likeness (QED) is 0.336. The second-order valence-electron chi connectivity index (χ2n) is 7.61. The maximum Gasteiger partial charge on any atom is 0.255 e. The summed E-state index contributed by atoms with van der Waals surface area (Å²) in [5.41, 5.74) is 3.05. The number of fused-ring (bicyclic) bond motifs is 1. The average molecular weight is 441 g/mol. The standard InChI is InChI=1S/C27H24N2O2S/c1-18-8-3-6-13-25(18)27(31)29-22-11-7-12-24(17-22)32-19(2)26(30)28-23-15-14-20-9-4-5-10-21(20)16-23/h3-17,19H,1-2H3,(H,28,30)(H,29,31). The third-order valence-electron chi connectivity index (χ3n) is 5.18. The van der Waals surface area contributed by atoms with Crippen LogP contribution in [0.2, 0.25) is 0 Å². The van der Waals surface area contributed by atoms with Crippen LogP contribution >= 0.6 is 11.8 Å². The lowest BCUT2D eigenvalue weighted by atomic mass is 10.1. The molecule has 32 heavy (non-hydrogen) atoms. The van der Waals surface area contributed by atoms with Crippen LogP contribution in [0.4, 0.5) is 11.4 Å². The molecule has 0 aliphatic carbocycles. The normalized spacial score (nSPS) is 11.7. The number of hydrogen-bond donors (Lipinski definition) is 2. The van der Waals surface area contributed by atoms with Crippen molar-refractivity contribution in [3.8, 4) is 0 Å². The monoisotopic (exact) mass is 440 g/mol. The molecule has 4 aromatic rings. The van der Waals surface area contributed by atoms with Crippen molar-refractivity contribution >= 4 is 45.7 Å². The van der Waals surface area contributed by atoms with Gasteiger partial charge in [0.2, 0.25) is 5.91 Å². The first-order chi connectivity index (χ1) is 15.5. The zero-order valence-electron chi connectivity index (χ0n) is 18.0. The molecule has 1 unspecified atom stereocenters. The Kier molecular flexibility index (Phi) is 6.57. The zero-order chi connectivity index (χ0) is 22.5. The molecule has 5 heteroatoms. The molecule has 0 aromatic heterocycles. The molecule has 4 nitrogen and oxygen atoms in total. The van der Waals surface area contributed by atoms with Gasteiger partial charge in [0.15, 0.2) is 0 Å². The van der Waals surface area contributed by atoms with E-state index in [0.29, 0.717) is 11.3 Å². The van der Waals surface area contributed by atoms with Gasteiger partial charge >= 0.3 is 0 Å². The predicted molar refractivity (Wildman–Crippen MR) is 133 cm³/mol. The molecule has 160 valence electrons. The SMILES string of the molecule is Cc1ccccc1C(=O)Nc1cccc(SC(C)C(=O)Nc2ccc3ccccc3c2)c1. The first kappa shape index (κ1) is 21.7. The van der Waals surface area contributed by atoms with Crippen molar-refractivity contribution in [3.63, 3.8) is 0 Å². The smallest absolute Gasteiger partial charge is 0.255 e. The van der Waals surface area contributed by atoms with Crippen LogP contribution in [0.3, 0.4) is 0 Å². The molecular weight excluding hydrogens is 416 g/mol. The zero-order valence-corrected chi connectivity index (χ0v) is 18.8. The number of carbonyl (C=O) groups is 2. The average Bonchev–Trinajstić information content (AvgIpc) is 2.79. The van der Waals surface area contributed by atoms with E-state index in [0.717, 1.165) is 26.9 Å². The van der Waals surface area contributed by atoms with E-state index in [4.69, 9.17) is 0 Å². The number of nitrogens with one attached hydrogen (secondary N) is 2. The molecule has 0 aliphatic heterocycles. The minimum atomic E-state index is -0.302. The fourth-order valence-corrected chi connectivity index (χ4v) is 4.37. The summed E-state index contributed by atoms with van der Waals surface area (Å²) in [5, 5.41) is 7.87. The van der Waals surface area contributed by atoms with E-state index in [-0.39, 0.29) is 17.1 Å². The van der Waals surface area contributed by atoms with Gasteiger partial charge in [-0.05, 0) is 66.6 Å². The van der Waals surface area contributed by atoms with Gasteiger partial charge in [-0.15, -0.1) is 11.8 Å². The number of hydrogen-bond acceptors (Lipinski definition) is 3. The summed E-state index contributed by atoms with van der Waals surface area (Å²) in [6, 6.07) is 29.0. The van der Waals surface area contributed by atoms with Crippen molar-refractivity contribution < 1.29 is 9.59 Å². The van der Waals surface area contributed by atoms with Crippen LogP contribution < -0.4 is 10.6 Å². The van der Waals surface area contributed by atoms with Crippen molar-refractivity contribution in [1.29, 1.82) is 0 Å². The topological polar surface area (TPSA) is 58.2 Å². The largest absolute Gasteiger partial charge is 0.325 e. The van der Waals surface area contributed by atoms with Crippen LogP contribution in [0.1, 0.15) is 22.8 Å². The molecule has 0 aliphatic rings. The van der Waals surface area contributed by atoms with E-state index in [1.165, 1.54) is 11.8 Å². The molecule has 0 spiro atoms. The van der Waals surface area contributed by atoms with E-state index < -0.39 is 0 Å². The third-order valence-corrected chi connectivity index (χ3v) is 6.27. The summed E-state index contributed by atoms with van der Waals surface area (Å²) in [6.45, 7) is 3.79. The highest BCUT2D eigenvalue weighted by Crippen LogP contribution is 2.27. The predicted octanol–water partition coefficient (Wildman–Crippen LogP) is 6.52. The molecule has 4 rings (SSSR count). The lowest BCUT2D eigenvalue weighted by Gasteiger charge is -2.14. The molecule has 4 aromatic carbocycles. The van der Waals surface area contributed by atoms with Crippen LogP contribution in [0, 0.1) is 6.92 Å². The number of benzene rings is 4. The van der Waals surface area contributed by atoms with E-state index in [1.807, 2.05) is 105 Å². The molecule has 0 radical (unpaired) electrons. The van der Waals surface area contributed by atoms with Gasteiger partial charge in [0, 0.05) is 21.8 Å². The minimum absolute atomic E-state index is 0.0698. The molecule has 1 atom stereocenters. The Balaban J connectivity index is 1.40. The van der Waals surface area contributed by atoms with Gasteiger partial charge in [-0.2, -0.15) is 0 Å². The van der Waals surface area contributed by atoms with Gasteiger partial charge in [-0.1, -0.05) is 54.6 Å². The molecule has 2 N–H and O–H groups in total. The lowest BCUT2D eigenvalue weighted by molar-refractivity contribution is -0.115. The van der Waals surface area contributed by atoms with Gasteiger partial charge in [0.05, 0.1) is 5.25 Å². The minimum Gasteiger partial charge on any atom is -0.325 e. The van der Waals surface area contributed by atoms with E-state index in [2.05, 4.69) is 10.6 Å². The Hall–Kier alpha value is -3.57. The fourth-order valence-electron chi connectivity index (χ4n) is 3.44. The van der Waals surface area contributed by atoms with Gasteiger partial charge in [0.25, 0.3) is 5.91 Å². The molecule has 0 fully saturated rings. The number of rotatable bonds is 6. The number of amides is 2. The van der Waals surface area contributed by atoms with Crippen molar-refractivity contribution in [2.45, 2.75) is 24.0 Å². The van der Waals surface area contributed by atoms with Gasteiger partial charge in [0.1, 0.15) is 0 Å². The number of anilines is 2. The van der Waals surface area contributed by atoms with Gasteiger partial charge in [-0.3, -0.25) is 9.59 Å². The van der Waals surface area contributed by atoms with Crippen molar-refractivity contribution in [1.82, 2.24) is 0 Å². The number of thioether (sulfide) groups is 1. The van der Waals surface area contributed by atoms with Gasteiger partial charge in [-0.25, -0.2) is 0 Å². The van der Waals surface area contributed by atoms with Crippen LogP contribution in [0.25, 0.3) is 10.8 Å². The number of aryl methyl sites for hydroxylation is 1. The third kappa shape index (κ3) is 5.18. The summed E-state index contributed by atoms with van der Waals surface area (Å²) >= 11 is 1.45. The highest BCUT2D eigenvalue weighted by molar-refractivity contribution is 8.00. The molecule has 0 saturated carbocycles. The summed E-state index contributed by atoms with van der Waals surface area (Å²) in [4.78, 5) is 26.2. The van der Waals surface area contributed by atoms with Crippen LogP contribution in [0.5, 0.6) is 0 Å². The van der Waals surface area contributed by atoms with Crippen LogP contribution in [0.15, 0.2) is 95.9 Å². The molecule has 0 bridgehead atoms. The number of carbonyl (C=O) groups excluding carboxylic acids is 2. The molecular formula is C27H24N2O2S. The van der Waals surface area contributed by atoms with Crippen LogP contribution in [-0.2, 0) is 4.79 Å². The first-order valence-corrected chi connectivity index (χ1v) is 11.3. The van der Waals surface area contributed by atoms with Gasteiger partial charge < -0.3 is 10.6 Å². The summed E-state index contributed by atoms with van der Waals surface area (Å²) < 4.78 is 0. The fraction of sp³-hybridized carbons (Fsp3) is 0.111. The Morgan fingerprint density at radius 3 is 2.28 bits per heavy atom. The van der Waals surface area contributed by atoms with Crippen molar-refractivity contribution in [2.75, 3.05) is 10.6 Å². The second-order valence-corrected chi connectivity index (χ2v) is 9.02. The highest BCUT2D eigenvalue weighted by atomic mass is 32.2. The summed E-state index contributed by atoms with van der Waals surface area (Å²) in [7, 11) is 0. The Morgan fingerprint density at radius 1 is 0.750 bits per heavy atom. The summed E-state index contributed by atoms with van der Waals surface area (Å²) in [6.07, 6.45) is 0. The maximum atomic E-state index is 12.7. The van der Waals surface area contributed by atoms with Crippen molar-refractivity contribution in [3.05, 3.63) is 102 Å². The van der Waals surface area contributed by atoms with E-state index >= 15 is 0 Å². The Morgan fingerprint density at radius 2 is 1.47 bits per heavy atom.